The lowest BCUT2D eigenvalue weighted by atomic mass is 10.0. The molecule has 0 aliphatic rings. The van der Waals surface area contributed by atoms with Crippen LogP contribution in [-0.4, -0.2) is 43.0 Å². The average molecular weight is 391 g/mol. The van der Waals surface area contributed by atoms with Gasteiger partial charge in [-0.15, -0.1) is 12.4 Å². The number of hydrogen-bond donors (Lipinski definition) is 3. The predicted octanol–water partition coefficient (Wildman–Crippen LogP) is 2.39. The fourth-order valence-electron chi connectivity index (χ4n) is 1.94. The van der Waals surface area contributed by atoms with E-state index < -0.39 is 0 Å². The first-order chi connectivity index (χ1) is 11.3. The Morgan fingerprint density at radius 2 is 1.80 bits per heavy atom. The van der Waals surface area contributed by atoms with E-state index >= 15 is 0 Å². The fraction of sp³-hybridized carbons (Fsp3) is 0.529. The zero-order valence-corrected chi connectivity index (χ0v) is 16.5. The van der Waals surface area contributed by atoms with E-state index in [0.29, 0.717) is 24.0 Å². The summed E-state index contributed by atoms with van der Waals surface area (Å²) in [6, 6.07) is 6.87. The summed E-state index contributed by atoms with van der Waals surface area (Å²) < 4.78 is 0. The summed E-state index contributed by atoms with van der Waals surface area (Å²) in [7, 11) is 1.71. The van der Waals surface area contributed by atoms with Gasteiger partial charge in [0.15, 0.2) is 0 Å². The molecule has 1 aromatic carbocycles. The predicted molar refractivity (Wildman–Crippen MR) is 104 cm³/mol. The highest BCUT2D eigenvalue weighted by atomic mass is 35.5. The first kappa shape index (κ1) is 23.5. The van der Waals surface area contributed by atoms with Crippen molar-refractivity contribution in [1.82, 2.24) is 15.5 Å². The molecule has 1 aromatic rings. The number of likely N-dealkylation sites (N-methyl/N-ethyl adjacent to an activating group) is 1. The van der Waals surface area contributed by atoms with E-state index in [1.54, 1.807) is 24.1 Å². The molecular formula is C17H28Cl2N4O2. The molecule has 4 N–H and O–H groups in total. The standard InChI is InChI=1S/C17H27ClN4O2.ClH/c1-12(2)15(19)8-9-22(3)16(23)11-21-17(24)20-10-13-4-6-14(18)7-5-13;/h4-7,12,15H,8-11,19H2,1-3H3,(H2,20,21,24);1H. The lowest BCUT2D eigenvalue weighted by molar-refractivity contribution is -0.128. The van der Waals surface area contributed by atoms with E-state index in [-0.39, 0.29) is 36.9 Å². The van der Waals surface area contributed by atoms with Gasteiger partial charge in [0.1, 0.15) is 0 Å². The molecule has 3 amide bonds. The Bertz CT molecular complexity index is 538. The summed E-state index contributed by atoms with van der Waals surface area (Å²) in [5, 5.41) is 5.90. The topological polar surface area (TPSA) is 87.5 Å². The highest BCUT2D eigenvalue weighted by Crippen LogP contribution is 2.09. The van der Waals surface area contributed by atoms with Gasteiger partial charge in [0.05, 0.1) is 6.54 Å². The van der Waals surface area contributed by atoms with E-state index in [2.05, 4.69) is 24.5 Å². The van der Waals surface area contributed by atoms with Crippen molar-refractivity contribution in [2.45, 2.75) is 32.9 Å². The van der Waals surface area contributed by atoms with Crippen molar-refractivity contribution in [3.05, 3.63) is 34.9 Å². The van der Waals surface area contributed by atoms with Crippen molar-refractivity contribution in [2.75, 3.05) is 20.1 Å². The van der Waals surface area contributed by atoms with Crippen molar-refractivity contribution < 1.29 is 9.59 Å². The van der Waals surface area contributed by atoms with Crippen LogP contribution >= 0.6 is 24.0 Å². The third-order valence-corrected chi connectivity index (χ3v) is 4.10. The molecule has 25 heavy (non-hydrogen) atoms. The van der Waals surface area contributed by atoms with Gasteiger partial charge in [-0.1, -0.05) is 37.6 Å². The van der Waals surface area contributed by atoms with Gasteiger partial charge in [0.2, 0.25) is 5.91 Å². The highest BCUT2D eigenvalue weighted by Gasteiger charge is 2.13. The van der Waals surface area contributed by atoms with Crippen LogP contribution < -0.4 is 16.4 Å². The fourth-order valence-corrected chi connectivity index (χ4v) is 2.06. The summed E-state index contributed by atoms with van der Waals surface area (Å²) in [5.41, 5.74) is 6.90. The number of nitrogens with zero attached hydrogens (tertiary/aromatic N) is 1. The number of benzene rings is 1. The molecule has 0 aliphatic carbocycles. The Kier molecular flexibility index (Phi) is 11.2. The van der Waals surface area contributed by atoms with Gasteiger partial charge in [-0.25, -0.2) is 4.79 Å². The molecule has 0 spiro atoms. The third-order valence-electron chi connectivity index (χ3n) is 3.85. The van der Waals surface area contributed by atoms with Gasteiger partial charge >= 0.3 is 6.03 Å². The van der Waals surface area contributed by atoms with Gasteiger partial charge in [-0.05, 0) is 30.0 Å². The molecule has 0 aliphatic heterocycles. The van der Waals surface area contributed by atoms with Crippen LogP contribution in [0.25, 0.3) is 0 Å². The highest BCUT2D eigenvalue weighted by molar-refractivity contribution is 6.30. The molecule has 1 rings (SSSR count). The minimum absolute atomic E-state index is 0. The second-order valence-corrected chi connectivity index (χ2v) is 6.61. The maximum absolute atomic E-state index is 12.0. The quantitative estimate of drug-likeness (QED) is 0.636. The van der Waals surface area contributed by atoms with Crippen molar-refractivity contribution in [1.29, 1.82) is 0 Å². The van der Waals surface area contributed by atoms with Gasteiger partial charge < -0.3 is 21.3 Å². The van der Waals surface area contributed by atoms with Crippen LogP contribution in [0, 0.1) is 5.92 Å². The summed E-state index contributed by atoms with van der Waals surface area (Å²) in [6.45, 7) is 5.01. The Balaban J connectivity index is 0.00000576. The molecule has 0 saturated carbocycles. The average Bonchev–Trinajstić information content (AvgIpc) is 2.56. The van der Waals surface area contributed by atoms with Crippen LogP contribution in [0.1, 0.15) is 25.8 Å². The van der Waals surface area contributed by atoms with Gasteiger partial charge in [-0.2, -0.15) is 0 Å². The first-order valence-corrected chi connectivity index (χ1v) is 8.43. The van der Waals surface area contributed by atoms with Crippen molar-refractivity contribution in [2.24, 2.45) is 11.7 Å². The van der Waals surface area contributed by atoms with Gasteiger partial charge in [0, 0.05) is 31.2 Å². The van der Waals surface area contributed by atoms with Crippen molar-refractivity contribution in [3.8, 4) is 0 Å². The number of halogens is 2. The molecule has 0 radical (unpaired) electrons. The largest absolute Gasteiger partial charge is 0.344 e. The Morgan fingerprint density at radius 3 is 2.36 bits per heavy atom. The first-order valence-electron chi connectivity index (χ1n) is 8.05. The number of rotatable bonds is 8. The van der Waals surface area contributed by atoms with Crippen LogP contribution in [0.15, 0.2) is 24.3 Å². The Hall–Kier alpha value is -1.50. The molecule has 1 atom stereocenters. The SMILES string of the molecule is CC(C)C(N)CCN(C)C(=O)CNC(=O)NCc1ccc(Cl)cc1.Cl. The number of amides is 3. The van der Waals surface area contributed by atoms with E-state index in [1.807, 2.05) is 12.1 Å². The van der Waals surface area contributed by atoms with E-state index in [9.17, 15) is 9.59 Å². The van der Waals surface area contributed by atoms with Gasteiger partial charge in [0.25, 0.3) is 0 Å². The number of nitrogens with one attached hydrogen (secondary N) is 2. The van der Waals surface area contributed by atoms with Crippen molar-refractivity contribution >= 4 is 35.9 Å². The number of nitrogens with two attached hydrogens (primary N) is 1. The molecular weight excluding hydrogens is 363 g/mol. The molecule has 0 aromatic heterocycles. The maximum atomic E-state index is 12.0. The lowest BCUT2D eigenvalue weighted by Crippen LogP contribution is -2.43. The molecule has 1 unspecified atom stereocenters. The monoisotopic (exact) mass is 390 g/mol. The maximum Gasteiger partial charge on any atom is 0.315 e. The zero-order valence-electron chi connectivity index (χ0n) is 14.9. The van der Waals surface area contributed by atoms with Gasteiger partial charge in [-0.3, -0.25) is 4.79 Å². The number of hydrogen-bond acceptors (Lipinski definition) is 3. The van der Waals surface area contributed by atoms with Crippen LogP contribution in [0.3, 0.4) is 0 Å². The summed E-state index contributed by atoms with van der Waals surface area (Å²) in [6.07, 6.45) is 0.739. The van der Waals surface area contributed by atoms with Crippen molar-refractivity contribution in [3.63, 3.8) is 0 Å². The smallest absolute Gasteiger partial charge is 0.315 e. The second-order valence-electron chi connectivity index (χ2n) is 6.17. The number of carbonyl (C=O) groups excluding carboxylic acids is 2. The number of carbonyl (C=O) groups is 2. The Labute approximate surface area is 160 Å². The Morgan fingerprint density at radius 1 is 1.20 bits per heavy atom. The molecule has 6 nitrogen and oxygen atoms in total. The van der Waals surface area contributed by atoms with E-state index in [4.69, 9.17) is 17.3 Å². The lowest BCUT2D eigenvalue weighted by Gasteiger charge is -2.21. The third kappa shape index (κ3) is 9.53. The zero-order chi connectivity index (χ0) is 18.1. The molecule has 142 valence electrons. The molecule has 8 heteroatoms. The summed E-state index contributed by atoms with van der Waals surface area (Å²) in [5.74, 6) is 0.234. The van der Waals surface area contributed by atoms with Crippen LogP contribution in [0.4, 0.5) is 4.79 Å². The van der Waals surface area contributed by atoms with Crippen LogP contribution in [-0.2, 0) is 11.3 Å². The molecule has 0 bridgehead atoms. The normalized spacial score (nSPS) is 11.4. The van der Waals surface area contributed by atoms with E-state index in [0.717, 1.165) is 12.0 Å². The second kappa shape index (κ2) is 12.0. The van der Waals surface area contributed by atoms with Crippen LogP contribution in [0.5, 0.6) is 0 Å². The summed E-state index contributed by atoms with van der Waals surface area (Å²) in [4.78, 5) is 25.3. The van der Waals surface area contributed by atoms with Crippen LogP contribution in [0.2, 0.25) is 5.02 Å². The molecule has 0 fully saturated rings. The van der Waals surface area contributed by atoms with E-state index in [1.165, 1.54) is 0 Å². The molecule has 0 heterocycles. The molecule has 0 saturated heterocycles. The minimum atomic E-state index is -0.384. The number of urea groups is 1. The summed E-state index contributed by atoms with van der Waals surface area (Å²) >= 11 is 5.80. The minimum Gasteiger partial charge on any atom is -0.344 e.